The zero-order chi connectivity index (χ0) is 9.14. The monoisotopic (exact) mass is 170 g/mol. The first-order valence-electron chi connectivity index (χ1n) is 2.89. The van der Waals surface area contributed by atoms with Gasteiger partial charge in [0.1, 0.15) is 0 Å². The molecule has 0 radical (unpaired) electrons. The second kappa shape index (κ2) is 2.91. The molecule has 0 unspecified atom stereocenters. The van der Waals surface area contributed by atoms with Gasteiger partial charge in [-0.05, 0) is 0 Å². The van der Waals surface area contributed by atoms with Crippen LogP contribution < -0.4 is 11.5 Å². The molecular weight excluding hydrogens is 164 g/mol. The molecule has 0 aliphatic rings. The van der Waals surface area contributed by atoms with Crippen LogP contribution in [0.2, 0.25) is 0 Å². The van der Waals surface area contributed by atoms with Crippen LogP contribution in [0, 0.1) is 0 Å². The van der Waals surface area contributed by atoms with E-state index < -0.39 is 5.91 Å². The number of hydrogen-bond acceptors (Lipinski definition) is 5. The van der Waals surface area contributed by atoms with E-state index in [1.54, 1.807) is 0 Å². The van der Waals surface area contributed by atoms with Crippen LogP contribution in [-0.2, 0) is 0 Å². The quantitative estimate of drug-likeness (QED) is 0.224. The molecule has 0 saturated carbocycles. The smallest absolute Gasteiger partial charge is 0.287 e. The lowest BCUT2D eigenvalue weighted by molar-refractivity contribution is 0.0965. The van der Waals surface area contributed by atoms with Crippen LogP contribution in [0.5, 0.6) is 0 Å². The van der Waals surface area contributed by atoms with Gasteiger partial charge < -0.3 is 21.2 Å². The summed E-state index contributed by atoms with van der Waals surface area (Å²) in [5.74, 6) is -1.15. The molecule has 1 heterocycles. The lowest BCUT2D eigenvalue weighted by Crippen LogP contribution is -2.13. The van der Waals surface area contributed by atoms with E-state index in [2.05, 4.69) is 14.8 Å². The molecule has 1 aromatic rings. The zero-order valence-electron chi connectivity index (χ0n) is 5.89. The molecule has 64 valence electrons. The maximum absolute atomic E-state index is 10.5. The highest BCUT2D eigenvalue weighted by molar-refractivity contribution is 5.98. The third-order valence-electron chi connectivity index (χ3n) is 1.12. The molecule has 7 heteroatoms. The van der Waals surface area contributed by atoms with Crippen molar-refractivity contribution in [1.82, 2.24) is 5.16 Å². The number of amides is 1. The summed E-state index contributed by atoms with van der Waals surface area (Å²) in [5.41, 5.74) is 10.0. The van der Waals surface area contributed by atoms with Crippen LogP contribution >= 0.6 is 0 Å². The highest BCUT2D eigenvalue weighted by atomic mass is 16.5. The average molecular weight is 170 g/mol. The number of rotatable bonds is 2. The van der Waals surface area contributed by atoms with Crippen molar-refractivity contribution in [3.05, 3.63) is 17.5 Å². The maximum Gasteiger partial charge on any atom is 0.287 e. The Morgan fingerprint density at radius 2 is 2.33 bits per heavy atom. The third kappa shape index (κ3) is 1.34. The van der Waals surface area contributed by atoms with E-state index in [1.165, 1.54) is 6.07 Å². The van der Waals surface area contributed by atoms with Gasteiger partial charge in [0.05, 0.1) is 0 Å². The van der Waals surface area contributed by atoms with Gasteiger partial charge in [-0.2, -0.15) is 0 Å². The topological polar surface area (TPSA) is 128 Å². The maximum atomic E-state index is 10.5. The summed E-state index contributed by atoms with van der Waals surface area (Å²) in [4.78, 5) is 10.5. The molecule has 1 rings (SSSR count). The Bertz CT molecular complexity index is 329. The van der Waals surface area contributed by atoms with E-state index >= 15 is 0 Å². The third-order valence-corrected chi connectivity index (χ3v) is 1.12. The second-order valence-electron chi connectivity index (χ2n) is 1.93. The molecule has 0 atom stereocenters. The normalized spacial score (nSPS) is 11.5. The van der Waals surface area contributed by atoms with Crippen LogP contribution in [0.25, 0.3) is 0 Å². The molecule has 0 aliphatic heterocycles. The van der Waals surface area contributed by atoms with Crippen LogP contribution in [0.4, 0.5) is 0 Å². The van der Waals surface area contributed by atoms with Crippen molar-refractivity contribution in [3.63, 3.8) is 0 Å². The van der Waals surface area contributed by atoms with E-state index in [0.717, 1.165) is 0 Å². The highest BCUT2D eigenvalue weighted by Gasteiger charge is 2.11. The zero-order valence-corrected chi connectivity index (χ0v) is 5.89. The van der Waals surface area contributed by atoms with Gasteiger partial charge in [-0.1, -0.05) is 10.3 Å². The van der Waals surface area contributed by atoms with E-state index in [0.29, 0.717) is 0 Å². The van der Waals surface area contributed by atoms with E-state index in [-0.39, 0.29) is 17.3 Å². The largest absolute Gasteiger partial charge is 0.409 e. The number of nitrogens with zero attached hydrogens (tertiary/aromatic N) is 2. The van der Waals surface area contributed by atoms with Crippen molar-refractivity contribution in [2.75, 3.05) is 0 Å². The van der Waals surface area contributed by atoms with Crippen LogP contribution in [0.3, 0.4) is 0 Å². The Morgan fingerprint density at radius 3 is 2.75 bits per heavy atom. The van der Waals surface area contributed by atoms with Crippen LogP contribution in [0.15, 0.2) is 15.7 Å². The Balaban J connectivity index is 2.99. The summed E-state index contributed by atoms with van der Waals surface area (Å²) in [5, 5.41) is 14.2. The van der Waals surface area contributed by atoms with Crippen molar-refractivity contribution in [2.45, 2.75) is 0 Å². The van der Waals surface area contributed by atoms with Gasteiger partial charge in [0.2, 0.25) is 5.76 Å². The number of nitrogens with two attached hydrogens (primary N) is 2. The minimum atomic E-state index is -0.764. The van der Waals surface area contributed by atoms with Crippen molar-refractivity contribution in [1.29, 1.82) is 0 Å². The fourth-order valence-corrected chi connectivity index (χ4v) is 0.563. The van der Waals surface area contributed by atoms with Crippen molar-refractivity contribution < 1.29 is 14.5 Å². The molecule has 0 bridgehead atoms. The average Bonchev–Trinajstić information content (AvgIpc) is 2.51. The Morgan fingerprint density at radius 1 is 1.67 bits per heavy atom. The molecular formula is C5H6N4O3. The molecule has 12 heavy (non-hydrogen) atoms. The number of amidine groups is 1. The second-order valence-corrected chi connectivity index (χ2v) is 1.93. The van der Waals surface area contributed by atoms with Gasteiger partial charge in [-0.15, -0.1) is 0 Å². The minimum Gasteiger partial charge on any atom is -0.409 e. The Hall–Kier alpha value is -2.05. The number of aromatic nitrogens is 1. The van der Waals surface area contributed by atoms with Gasteiger partial charge in [0.25, 0.3) is 5.91 Å². The lowest BCUT2D eigenvalue weighted by atomic mass is 10.3. The minimum absolute atomic E-state index is 0.0614. The molecule has 7 nitrogen and oxygen atoms in total. The Kier molecular flexibility index (Phi) is 1.95. The first-order valence-corrected chi connectivity index (χ1v) is 2.89. The molecule has 0 spiro atoms. The van der Waals surface area contributed by atoms with Gasteiger partial charge in [-0.3, -0.25) is 4.79 Å². The molecule has 5 N–H and O–H groups in total. The standard InChI is InChI=1S/C5H6N4O3/c6-4(8-11)2-1-3(5(7)10)12-9-2/h1,11H,(H2,6,8)(H2,7,10). The highest BCUT2D eigenvalue weighted by Crippen LogP contribution is 2.01. The van der Waals surface area contributed by atoms with Gasteiger partial charge in [0, 0.05) is 6.07 Å². The fraction of sp³-hybridized carbons (Fsp3) is 0. The first-order chi connectivity index (χ1) is 5.65. The molecule has 0 fully saturated rings. The number of oxime groups is 1. The molecule has 0 aliphatic carbocycles. The van der Waals surface area contributed by atoms with E-state index in [9.17, 15) is 4.79 Å². The SMILES string of the molecule is NC(=O)c1cc(/C(N)=N/O)no1. The number of primary amides is 1. The number of carbonyl (C=O) groups excluding carboxylic acids is 1. The first kappa shape index (κ1) is 8.05. The van der Waals surface area contributed by atoms with Crippen molar-refractivity contribution in [2.24, 2.45) is 16.6 Å². The van der Waals surface area contributed by atoms with Crippen LogP contribution in [0.1, 0.15) is 16.2 Å². The van der Waals surface area contributed by atoms with Gasteiger partial charge >= 0.3 is 0 Å². The summed E-state index contributed by atoms with van der Waals surface area (Å²) >= 11 is 0. The number of hydrogen-bond donors (Lipinski definition) is 3. The number of carbonyl (C=O) groups is 1. The van der Waals surface area contributed by atoms with E-state index in [1.807, 2.05) is 0 Å². The molecule has 1 amide bonds. The predicted molar refractivity (Wildman–Crippen MR) is 37.5 cm³/mol. The van der Waals surface area contributed by atoms with Gasteiger partial charge in [0.15, 0.2) is 11.5 Å². The summed E-state index contributed by atoms with van der Waals surface area (Å²) in [6.07, 6.45) is 0. The summed E-state index contributed by atoms with van der Waals surface area (Å²) in [7, 11) is 0. The molecule has 1 aromatic heterocycles. The summed E-state index contributed by atoms with van der Waals surface area (Å²) < 4.78 is 4.45. The fourth-order valence-electron chi connectivity index (χ4n) is 0.563. The molecule has 0 saturated heterocycles. The van der Waals surface area contributed by atoms with E-state index in [4.69, 9.17) is 16.7 Å². The summed E-state index contributed by atoms with van der Waals surface area (Å²) in [6, 6.07) is 1.18. The summed E-state index contributed by atoms with van der Waals surface area (Å²) in [6.45, 7) is 0. The Labute approximate surface area is 66.6 Å². The van der Waals surface area contributed by atoms with Gasteiger partial charge in [-0.25, -0.2) is 0 Å². The van der Waals surface area contributed by atoms with Crippen LogP contribution in [-0.4, -0.2) is 22.1 Å². The van der Waals surface area contributed by atoms with Crippen molar-refractivity contribution in [3.8, 4) is 0 Å². The van der Waals surface area contributed by atoms with Crippen molar-refractivity contribution >= 4 is 11.7 Å². The molecule has 0 aromatic carbocycles. The lowest BCUT2D eigenvalue weighted by Gasteiger charge is -1.85. The predicted octanol–water partition coefficient (Wildman–Crippen LogP) is -1.13.